The minimum absolute atomic E-state index is 0.479. The molecule has 1 atom stereocenters. The summed E-state index contributed by atoms with van der Waals surface area (Å²) in [6.45, 7) is 3.09. The molecule has 3 nitrogen and oxygen atoms in total. The largest absolute Gasteiger partial charge is 0.493 e. The number of rotatable bonds is 3. The first-order valence-corrected chi connectivity index (χ1v) is 6.02. The highest BCUT2D eigenvalue weighted by Gasteiger charge is 2.27. The van der Waals surface area contributed by atoms with E-state index >= 15 is 0 Å². The molecule has 1 aromatic carbocycles. The van der Waals surface area contributed by atoms with Gasteiger partial charge in [0.25, 0.3) is 0 Å². The lowest BCUT2D eigenvalue weighted by molar-refractivity contribution is 0.268. The Morgan fingerprint density at radius 3 is 3.00 bits per heavy atom. The number of hydrogen-bond acceptors (Lipinski definition) is 3. The summed E-state index contributed by atoms with van der Waals surface area (Å²) in [6, 6.07) is 7.10. The van der Waals surface area contributed by atoms with Crippen molar-refractivity contribution in [3.63, 3.8) is 0 Å². The maximum atomic E-state index is 5.53. The van der Waals surface area contributed by atoms with Gasteiger partial charge in [-0.3, -0.25) is 0 Å². The zero-order valence-electron chi connectivity index (χ0n) is 9.62. The van der Waals surface area contributed by atoms with Crippen LogP contribution in [0.5, 0.6) is 5.75 Å². The van der Waals surface area contributed by atoms with Crippen LogP contribution in [0, 0.1) is 5.92 Å². The van der Waals surface area contributed by atoms with Gasteiger partial charge in [0.15, 0.2) is 0 Å². The molecule has 86 valence electrons. The minimum atomic E-state index is 0.479. The average Bonchev–Trinajstić information content (AvgIpc) is 2.69. The molecule has 0 saturated carbocycles. The molecule has 0 amide bonds. The number of fused-ring (bicyclic) bond motifs is 1. The first-order valence-electron chi connectivity index (χ1n) is 6.02. The Hall–Kier alpha value is -1.06. The van der Waals surface area contributed by atoms with Crippen LogP contribution < -0.4 is 15.4 Å². The van der Waals surface area contributed by atoms with E-state index in [0.717, 1.165) is 37.8 Å². The smallest absolute Gasteiger partial charge is 0.122 e. The van der Waals surface area contributed by atoms with Crippen LogP contribution in [-0.4, -0.2) is 26.7 Å². The van der Waals surface area contributed by atoms with Gasteiger partial charge in [-0.05, 0) is 24.2 Å². The Morgan fingerprint density at radius 1 is 1.44 bits per heavy atom. The van der Waals surface area contributed by atoms with E-state index < -0.39 is 0 Å². The Labute approximate surface area is 96.2 Å². The van der Waals surface area contributed by atoms with Crippen molar-refractivity contribution in [2.24, 2.45) is 5.92 Å². The SMILES string of the molecule is CNC(c1ccc2c(c1)CCO2)C1CNC1. The van der Waals surface area contributed by atoms with Gasteiger partial charge >= 0.3 is 0 Å². The molecule has 1 unspecified atom stereocenters. The van der Waals surface area contributed by atoms with Crippen LogP contribution in [0.15, 0.2) is 18.2 Å². The lowest BCUT2D eigenvalue weighted by atomic mass is 9.88. The van der Waals surface area contributed by atoms with Crippen LogP contribution in [0.2, 0.25) is 0 Å². The fourth-order valence-corrected chi connectivity index (χ4v) is 2.62. The molecule has 0 spiro atoms. The molecule has 2 heterocycles. The number of ether oxygens (including phenoxy) is 1. The molecule has 0 aliphatic carbocycles. The third kappa shape index (κ3) is 1.60. The van der Waals surface area contributed by atoms with Crippen molar-refractivity contribution in [3.8, 4) is 5.75 Å². The Kier molecular flexibility index (Phi) is 2.58. The van der Waals surface area contributed by atoms with Gasteiger partial charge in [-0.15, -0.1) is 0 Å². The van der Waals surface area contributed by atoms with Crippen LogP contribution in [-0.2, 0) is 6.42 Å². The second kappa shape index (κ2) is 4.07. The third-order valence-electron chi connectivity index (χ3n) is 3.67. The second-order valence-corrected chi connectivity index (χ2v) is 4.65. The van der Waals surface area contributed by atoms with Crippen molar-refractivity contribution in [3.05, 3.63) is 29.3 Å². The molecule has 0 aromatic heterocycles. The Balaban J connectivity index is 1.86. The Morgan fingerprint density at radius 2 is 2.31 bits per heavy atom. The van der Waals surface area contributed by atoms with E-state index in [2.05, 4.69) is 28.8 Å². The van der Waals surface area contributed by atoms with E-state index in [4.69, 9.17) is 4.74 Å². The van der Waals surface area contributed by atoms with Gasteiger partial charge in [0.1, 0.15) is 5.75 Å². The van der Waals surface area contributed by atoms with Crippen molar-refractivity contribution >= 4 is 0 Å². The zero-order chi connectivity index (χ0) is 11.0. The van der Waals surface area contributed by atoms with Crippen molar-refractivity contribution in [2.45, 2.75) is 12.5 Å². The van der Waals surface area contributed by atoms with E-state index in [1.165, 1.54) is 11.1 Å². The molecular weight excluding hydrogens is 200 g/mol. The summed E-state index contributed by atoms with van der Waals surface area (Å²) in [4.78, 5) is 0. The normalized spacial score (nSPS) is 21.1. The summed E-state index contributed by atoms with van der Waals surface area (Å²) in [5, 5.41) is 6.76. The van der Waals surface area contributed by atoms with Crippen molar-refractivity contribution in [2.75, 3.05) is 26.7 Å². The molecule has 16 heavy (non-hydrogen) atoms. The first kappa shape index (κ1) is 10.1. The van der Waals surface area contributed by atoms with Gasteiger partial charge < -0.3 is 15.4 Å². The molecule has 0 radical (unpaired) electrons. The van der Waals surface area contributed by atoms with Gasteiger partial charge in [0, 0.05) is 31.5 Å². The number of hydrogen-bond donors (Lipinski definition) is 2. The minimum Gasteiger partial charge on any atom is -0.493 e. The summed E-state index contributed by atoms with van der Waals surface area (Å²) in [7, 11) is 2.05. The molecular formula is C13H18N2O. The van der Waals surface area contributed by atoms with Crippen molar-refractivity contribution in [1.82, 2.24) is 10.6 Å². The van der Waals surface area contributed by atoms with Crippen molar-refractivity contribution in [1.29, 1.82) is 0 Å². The lowest BCUT2D eigenvalue weighted by Crippen LogP contribution is -2.48. The van der Waals surface area contributed by atoms with E-state index in [0.29, 0.717) is 6.04 Å². The second-order valence-electron chi connectivity index (χ2n) is 4.65. The highest BCUT2D eigenvalue weighted by atomic mass is 16.5. The summed E-state index contributed by atoms with van der Waals surface area (Å²) < 4.78 is 5.53. The van der Waals surface area contributed by atoms with Gasteiger partial charge in [0.2, 0.25) is 0 Å². The van der Waals surface area contributed by atoms with E-state index in [1.54, 1.807) is 0 Å². The summed E-state index contributed by atoms with van der Waals surface area (Å²) in [5.41, 5.74) is 2.77. The molecule has 1 saturated heterocycles. The molecule has 2 N–H and O–H groups in total. The van der Waals surface area contributed by atoms with Gasteiger partial charge in [0.05, 0.1) is 6.61 Å². The molecule has 3 rings (SSSR count). The van der Waals surface area contributed by atoms with E-state index in [-0.39, 0.29) is 0 Å². The fourth-order valence-electron chi connectivity index (χ4n) is 2.62. The average molecular weight is 218 g/mol. The zero-order valence-corrected chi connectivity index (χ0v) is 9.62. The predicted octanol–water partition coefficient (Wildman–Crippen LogP) is 1.10. The predicted molar refractivity (Wildman–Crippen MR) is 63.8 cm³/mol. The molecule has 2 aliphatic heterocycles. The van der Waals surface area contributed by atoms with Crippen LogP contribution in [0.3, 0.4) is 0 Å². The van der Waals surface area contributed by atoms with Crippen LogP contribution in [0.1, 0.15) is 17.2 Å². The van der Waals surface area contributed by atoms with Crippen LogP contribution >= 0.6 is 0 Å². The van der Waals surface area contributed by atoms with Crippen LogP contribution in [0.25, 0.3) is 0 Å². The molecule has 0 bridgehead atoms. The lowest BCUT2D eigenvalue weighted by Gasteiger charge is -2.35. The van der Waals surface area contributed by atoms with Gasteiger partial charge in [-0.2, -0.15) is 0 Å². The third-order valence-corrected chi connectivity index (χ3v) is 3.67. The summed E-state index contributed by atoms with van der Waals surface area (Å²) >= 11 is 0. The molecule has 1 aromatic rings. The van der Waals surface area contributed by atoms with Crippen molar-refractivity contribution < 1.29 is 4.74 Å². The van der Waals surface area contributed by atoms with Gasteiger partial charge in [-0.1, -0.05) is 12.1 Å². The number of nitrogens with one attached hydrogen (secondary N) is 2. The summed E-state index contributed by atoms with van der Waals surface area (Å²) in [5.74, 6) is 1.80. The standard InChI is InChI=1S/C13H18N2O/c1-14-13(11-7-15-8-11)10-2-3-12-9(6-10)4-5-16-12/h2-3,6,11,13-15H,4-5,7-8H2,1H3. The van der Waals surface area contributed by atoms with E-state index in [9.17, 15) is 0 Å². The topological polar surface area (TPSA) is 33.3 Å². The highest BCUT2D eigenvalue weighted by Crippen LogP contribution is 2.31. The quantitative estimate of drug-likeness (QED) is 0.797. The monoisotopic (exact) mass is 218 g/mol. The van der Waals surface area contributed by atoms with Gasteiger partial charge in [-0.25, -0.2) is 0 Å². The number of benzene rings is 1. The maximum Gasteiger partial charge on any atom is 0.122 e. The molecule has 3 heteroatoms. The fraction of sp³-hybridized carbons (Fsp3) is 0.538. The Bertz CT molecular complexity index is 388. The highest BCUT2D eigenvalue weighted by molar-refractivity contribution is 5.41. The van der Waals surface area contributed by atoms with Crippen LogP contribution in [0.4, 0.5) is 0 Å². The first-order chi connectivity index (χ1) is 7.88. The maximum absolute atomic E-state index is 5.53. The molecule has 1 fully saturated rings. The summed E-state index contributed by atoms with van der Waals surface area (Å²) in [6.07, 6.45) is 1.06. The molecule has 2 aliphatic rings. The van der Waals surface area contributed by atoms with E-state index in [1.807, 2.05) is 7.05 Å².